The van der Waals surface area contributed by atoms with E-state index in [1.165, 1.54) is 7.11 Å². The van der Waals surface area contributed by atoms with E-state index in [0.717, 1.165) is 5.56 Å². The molecule has 0 unspecified atom stereocenters. The van der Waals surface area contributed by atoms with Gasteiger partial charge >= 0.3 is 6.03 Å². The molecule has 0 saturated heterocycles. The van der Waals surface area contributed by atoms with Crippen molar-refractivity contribution in [3.05, 3.63) is 54.1 Å². The molecule has 0 fully saturated rings. The molecule has 2 aromatic rings. The fourth-order valence-electron chi connectivity index (χ4n) is 2.08. The lowest BCUT2D eigenvalue weighted by molar-refractivity contribution is 0.252. The molecule has 25 heavy (non-hydrogen) atoms. The van der Waals surface area contributed by atoms with E-state index in [1.54, 1.807) is 48.5 Å². The number of amides is 2. The third kappa shape index (κ3) is 5.47. The number of carbonyl (C=O) groups excluding carboxylic acids is 1. The molecule has 8 heteroatoms. The lowest BCUT2D eigenvalue weighted by Gasteiger charge is -2.11. The van der Waals surface area contributed by atoms with E-state index in [2.05, 4.69) is 15.4 Å². The van der Waals surface area contributed by atoms with Crippen LogP contribution in [0.1, 0.15) is 5.56 Å². The van der Waals surface area contributed by atoms with Crippen molar-refractivity contribution in [1.82, 2.24) is 10.0 Å². The molecule has 2 rings (SSSR count). The van der Waals surface area contributed by atoms with Gasteiger partial charge in [-0.05, 0) is 31.2 Å². The smallest absolute Gasteiger partial charge is 0.319 e. The zero-order chi connectivity index (χ0) is 18.3. The fraction of sp³-hybridized carbons (Fsp3) is 0.235. The third-order valence-electron chi connectivity index (χ3n) is 3.39. The summed E-state index contributed by atoms with van der Waals surface area (Å²) in [7, 11) is -2.07. The molecular formula is C17H21N3O4S. The van der Waals surface area contributed by atoms with Crippen molar-refractivity contribution >= 4 is 21.7 Å². The number of carbonyl (C=O) groups is 1. The number of benzene rings is 2. The summed E-state index contributed by atoms with van der Waals surface area (Å²) in [4.78, 5) is 12.0. The Morgan fingerprint density at radius 1 is 1.04 bits per heavy atom. The molecule has 0 heterocycles. The van der Waals surface area contributed by atoms with Gasteiger partial charge in [-0.15, -0.1) is 0 Å². The summed E-state index contributed by atoms with van der Waals surface area (Å²) in [6, 6.07) is 13.1. The van der Waals surface area contributed by atoms with E-state index in [-0.39, 0.29) is 18.0 Å². The van der Waals surface area contributed by atoms with Gasteiger partial charge in [0.25, 0.3) is 0 Å². The highest BCUT2D eigenvalue weighted by Gasteiger charge is 2.13. The van der Waals surface area contributed by atoms with Crippen LogP contribution in [-0.4, -0.2) is 34.6 Å². The fourth-order valence-corrected chi connectivity index (χ4v) is 3.11. The highest BCUT2D eigenvalue weighted by molar-refractivity contribution is 7.89. The van der Waals surface area contributed by atoms with Crippen molar-refractivity contribution in [3.8, 4) is 5.75 Å². The first-order chi connectivity index (χ1) is 11.9. The zero-order valence-electron chi connectivity index (χ0n) is 14.1. The molecule has 0 aliphatic heterocycles. The summed E-state index contributed by atoms with van der Waals surface area (Å²) in [6.45, 7) is 2.11. The van der Waals surface area contributed by atoms with Crippen molar-refractivity contribution < 1.29 is 17.9 Å². The Morgan fingerprint density at radius 3 is 2.40 bits per heavy atom. The van der Waals surface area contributed by atoms with Crippen LogP contribution in [-0.2, 0) is 10.0 Å². The second-order valence-electron chi connectivity index (χ2n) is 5.29. The van der Waals surface area contributed by atoms with Gasteiger partial charge in [0.15, 0.2) is 0 Å². The minimum absolute atomic E-state index is 0.0789. The minimum atomic E-state index is -3.59. The summed E-state index contributed by atoms with van der Waals surface area (Å²) < 4.78 is 31.8. The maximum absolute atomic E-state index is 12.1. The Hall–Kier alpha value is -2.58. The maximum Gasteiger partial charge on any atom is 0.319 e. The van der Waals surface area contributed by atoms with Crippen molar-refractivity contribution in [2.75, 3.05) is 25.5 Å². The van der Waals surface area contributed by atoms with Crippen LogP contribution >= 0.6 is 0 Å². The first-order valence-electron chi connectivity index (χ1n) is 7.66. The normalized spacial score (nSPS) is 11.0. The van der Waals surface area contributed by atoms with Crippen LogP contribution < -0.4 is 20.1 Å². The lowest BCUT2D eigenvalue weighted by atomic mass is 10.2. The number of nitrogens with one attached hydrogen (secondary N) is 3. The maximum atomic E-state index is 12.1. The Labute approximate surface area is 147 Å². The molecule has 0 radical (unpaired) electrons. The predicted molar refractivity (Wildman–Crippen MR) is 96.4 cm³/mol. The van der Waals surface area contributed by atoms with Crippen molar-refractivity contribution in [3.63, 3.8) is 0 Å². The number of sulfonamides is 1. The predicted octanol–water partition coefficient (Wildman–Crippen LogP) is 2.10. The molecule has 0 aliphatic rings. The number of urea groups is 1. The van der Waals surface area contributed by atoms with Crippen LogP contribution in [0.15, 0.2) is 53.4 Å². The van der Waals surface area contributed by atoms with Gasteiger partial charge < -0.3 is 15.4 Å². The first kappa shape index (κ1) is 18.8. The summed E-state index contributed by atoms with van der Waals surface area (Å²) in [5.74, 6) is 0.540. The topological polar surface area (TPSA) is 96.5 Å². The molecule has 0 aromatic heterocycles. The summed E-state index contributed by atoms with van der Waals surface area (Å²) in [5.41, 5.74) is 1.51. The molecule has 0 atom stereocenters. The van der Waals surface area contributed by atoms with Gasteiger partial charge in [0, 0.05) is 13.1 Å². The van der Waals surface area contributed by atoms with Crippen LogP contribution in [0.5, 0.6) is 5.75 Å². The van der Waals surface area contributed by atoms with Crippen molar-refractivity contribution in [1.29, 1.82) is 0 Å². The quantitative estimate of drug-likeness (QED) is 0.657. The largest absolute Gasteiger partial charge is 0.495 e. The molecule has 2 aromatic carbocycles. The Kier molecular flexibility index (Phi) is 6.37. The average molecular weight is 363 g/mol. The summed E-state index contributed by atoms with van der Waals surface area (Å²) >= 11 is 0. The number of para-hydroxylation sites is 2. The molecular weight excluding hydrogens is 342 g/mol. The number of hydrogen-bond acceptors (Lipinski definition) is 4. The third-order valence-corrected chi connectivity index (χ3v) is 4.87. The molecule has 0 spiro atoms. The first-order valence-corrected chi connectivity index (χ1v) is 9.15. The molecule has 0 aliphatic carbocycles. The number of methoxy groups -OCH3 is 1. The van der Waals surface area contributed by atoms with Crippen LogP contribution in [0.25, 0.3) is 0 Å². The number of aryl methyl sites for hydroxylation is 1. The molecule has 2 amide bonds. The second kappa shape index (κ2) is 8.50. The van der Waals surface area contributed by atoms with Crippen molar-refractivity contribution in [2.24, 2.45) is 0 Å². The van der Waals surface area contributed by atoms with Crippen LogP contribution in [0.3, 0.4) is 0 Å². The monoisotopic (exact) mass is 363 g/mol. The molecule has 134 valence electrons. The summed E-state index contributed by atoms with van der Waals surface area (Å²) in [6.07, 6.45) is 0. The van der Waals surface area contributed by atoms with Gasteiger partial charge in [-0.25, -0.2) is 17.9 Å². The highest BCUT2D eigenvalue weighted by Crippen LogP contribution is 2.22. The molecule has 0 bridgehead atoms. The SMILES string of the molecule is COc1ccccc1NC(=O)NCCNS(=O)(=O)c1ccc(C)cc1. The number of ether oxygens (including phenoxy) is 1. The number of rotatable bonds is 7. The van der Waals surface area contributed by atoms with Gasteiger partial charge in [0.2, 0.25) is 10.0 Å². The standard InChI is InChI=1S/C17H21N3O4S/c1-13-7-9-14(10-8-13)25(22,23)19-12-11-18-17(21)20-15-5-3-4-6-16(15)24-2/h3-10,19H,11-12H2,1-2H3,(H2,18,20,21). The van der Waals surface area contributed by atoms with Gasteiger partial charge in [-0.1, -0.05) is 29.8 Å². The molecule has 3 N–H and O–H groups in total. The van der Waals surface area contributed by atoms with Gasteiger partial charge in [0.1, 0.15) is 5.75 Å². The lowest BCUT2D eigenvalue weighted by Crippen LogP contribution is -2.36. The summed E-state index contributed by atoms with van der Waals surface area (Å²) in [5, 5.41) is 5.23. The second-order valence-corrected chi connectivity index (χ2v) is 7.06. The van der Waals surface area contributed by atoms with Crippen LogP contribution in [0.2, 0.25) is 0 Å². The van der Waals surface area contributed by atoms with Gasteiger partial charge in [0.05, 0.1) is 17.7 Å². The van der Waals surface area contributed by atoms with E-state index in [0.29, 0.717) is 11.4 Å². The average Bonchev–Trinajstić information content (AvgIpc) is 2.59. The Bertz CT molecular complexity index is 820. The minimum Gasteiger partial charge on any atom is -0.495 e. The highest BCUT2D eigenvalue weighted by atomic mass is 32.2. The van der Waals surface area contributed by atoms with Crippen LogP contribution in [0, 0.1) is 6.92 Å². The van der Waals surface area contributed by atoms with Crippen molar-refractivity contribution in [2.45, 2.75) is 11.8 Å². The Balaban J connectivity index is 1.80. The van der Waals surface area contributed by atoms with E-state index in [1.807, 2.05) is 6.92 Å². The molecule has 0 saturated carbocycles. The van der Waals surface area contributed by atoms with E-state index >= 15 is 0 Å². The van der Waals surface area contributed by atoms with Gasteiger partial charge in [-0.3, -0.25) is 0 Å². The number of hydrogen-bond donors (Lipinski definition) is 3. The van der Waals surface area contributed by atoms with E-state index in [4.69, 9.17) is 4.74 Å². The van der Waals surface area contributed by atoms with E-state index < -0.39 is 16.1 Å². The van der Waals surface area contributed by atoms with Crippen LogP contribution in [0.4, 0.5) is 10.5 Å². The number of anilines is 1. The molecule has 7 nitrogen and oxygen atoms in total. The zero-order valence-corrected chi connectivity index (χ0v) is 14.9. The Morgan fingerprint density at radius 2 is 1.72 bits per heavy atom. The van der Waals surface area contributed by atoms with E-state index in [9.17, 15) is 13.2 Å². The van der Waals surface area contributed by atoms with Gasteiger partial charge in [-0.2, -0.15) is 0 Å².